The molecular formula is C26H31NOS. The van der Waals surface area contributed by atoms with E-state index in [-0.39, 0.29) is 15.7 Å². The van der Waals surface area contributed by atoms with Crippen LogP contribution in [0.2, 0.25) is 0 Å². The van der Waals surface area contributed by atoms with E-state index < -0.39 is 0 Å². The molecule has 0 N–H and O–H groups in total. The summed E-state index contributed by atoms with van der Waals surface area (Å²) >= 11 is 1.98. The maximum atomic E-state index is 12.6. The number of Topliss-reactive ketones (excluding diaryl/α,β-unsaturated/α-hetero) is 1. The van der Waals surface area contributed by atoms with Crippen LogP contribution in [-0.4, -0.2) is 17.7 Å². The Kier molecular flexibility index (Phi) is 3.67. The van der Waals surface area contributed by atoms with Gasteiger partial charge in [0.05, 0.1) is 5.69 Å². The smallest absolute Gasteiger partial charge is 0.139 e. The number of nitrogens with zero attached hydrogens (tertiary/aromatic N) is 1. The molecule has 1 spiro atoms. The number of ketones is 1. The number of hydrogen-bond acceptors (Lipinski definition) is 3. The zero-order chi connectivity index (χ0) is 20.0. The average Bonchev–Trinajstić information content (AvgIpc) is 3.17. The molecule has 6 atom stereocenters. The molecule has 0 bridgehead atoms. The minimum atomic E-state index is -0.0716. The molecule has 1 aliphatic heterocycles. The summed E-state index contributed by atoms with van der Waals surface area (Å²) in [6.45, 7) is 4.77. The summed E-state index contributed by atoms with van der Waals surface area (Å²) in [5.74, 6) is 2.57. The van der Waals surface area contributed by atoms with Crippen molar-refractivity contribution in [2.75, 3.05) is 11.9 Å². The Morgan fingerprint density at radius 3 is 2.69 bits per heavy atom. The second-order valence-corrected chi connectivity index (χ2v) is 11.8. The number of para-hydroxylation sites is 1. The van der Waals surface area contributed by atoms with Gasteiger partial charge in [-0.25, -0.2) is 0 Å². The van der Waals surface area contributed by atoms with Crippen molar-refractivity contribution in [3.05, 3.63) is 48.1 Å². The van der Waals surface area contributed by atoms with Crippen LogP contribution in [0.15, 0.2) is 53.0 Å². The van der Waals surface area contributed by atoms with Crippen LogP contribution in [0.5, 0.6) is 0 Å². The van der Waals surface area contributed by atoms with E-state index in [1.165, 1.54) is 29.8 Å². The van der Waals surface area contributed by atoms with Gasteiger partial charge in [0.25, 0.3) is 0 Å². The molecule has 1 aromatic carbocycles. The van der Waals surface area contributed by atoms with Crippen molar-refractivity contribution in [2.45, 2.75) is 62.1 Å². The predicted octanol–water partition coefficient (Wildman–Crippen LogP) is 6.23. The number of carbonyl (C=O) groups is 1. The topological polar surface area (TPSA) is 20.3 Å². The van der Waals surface area contributed by atoms with E-state index in [4.69, 9.17) is 0 Å². The largest absolute Gasteiger partial charge is 0.352 e. The molecule has 1 heterocycles. The number of anilines is 1. The highest BCUT2D eigenvalue weighted by atomic mass is 32.2. The third-order valence-corrected chi connectivity index (χ3v) is 10.8. The Morgan fingerprint density at radius 1 is 1.03 bits per heavy atom. The van der Waals surface area contributed by atoms with Crippen molar-refractivity contribution < 1.29 is 4.79 Å². The van der Waals surface area contributed by atoms with E-state index >= 15 is 0 Å². The van der Waals surface area contributed by atoms with Crippen molar-refractivity contribution in [1.29, 1.82) is 0 Å². The Bertz CT molecular complexity index is 965. The molecule has 152 valence electrons. The number of fused-ring (bicyclic) bond motifs is 6. The minimum absolute atomic E-state index is 0.0263. The highest BCUT2D eigenvalue weighted by Crippen LogP contribution is 2.65. The van der Waals surface area contributed by atoms with E-state index in [2.05, 4.69) is 68.3 Å². The molecule has 6 rings (SSSR count). The molecule has 0 amide bonds. The Balaban J connectivity index is 1.36. The quantitative estimate of drug-likeness (QED) is 0.477. The maximum Gasteiger partial charge on any atom is 0.139 e. The SMILES string of the molecule is CN1c2ccccc2SC12C=C[C@@]1(C)C(=C2)CC[C@@H]2[C@@H]1CC[C@]1(C)C(=O)CC[C@@H]21. The van der Waals surface area contributed by atoms with Crippen molar-refractivity contribution >= 4 is 23.2 Å². The third kappa shape index (κ3) is 2.23. The minimum Gasteiger partial charge on any atom is -0.352 e. The standard InChI is InChI=1S/C26H31NOS/c1-24-14-15-26(27(3)21-6-4-5-7-22(21)29-26)16-17(24)8-9-18-19-10-11-23(28)25(19,2)13-12-20(18)24/h4-7,14-16,18-20H,8-13H2,1-3H3/t18-,19-,20-,24-,25-,26?/m0/s1. The van der Waals surface area contributed by atoms with E-state index in [0.29, 0.717) is 23.5 Å². The lowest BCUT2D eigenvalue weighted by Gasteiger charge is -2.56. The molecule has 4 aliphatic carbocycles. The summed E-state index contributed by atoms with van der Waals surface area (Å²) in [6.07, 6.45) is 14.4. The average molecular weight is 406 g/mol. The van der Waals surface area contributed by atoms with Gasteiger partial charge >= 0.3 is 0 Å². The molecular weight excluding hydrogens is 374 g/mol. The number of allylic oxidation sites excluding steroid dienone is 2. The highest BCUT2D eigenvalue weighted by molar-refractivity contribution is 8.01. The van der Waals surface area contributed by atoms with Crippen LogP contribution in [0.1, 0.15) is 52.4 Å². The fraction of sp³-hybridized carbons (Fsp3) is 0.577. The first-order valence-corrected chi connectivity index (χ1v) is 12.2. The number of thioether (sulfide) groups is 1. The molecule has 3 heteroatoms. The first kappa shape index (κ1) is 18.3. The second-order valence-electron chi connectivity index (χ2n) is 10.5. The zero-order valence-electron chi connectivity index (χ0n) is 17.8. The van der Waals surface area contributed by atoms with Gasteiger partial charge < -0.3 is 4.90 Å². The summed E-state index contributed by atoms with van der Waals surface area (Å²) in [4.78, 5) is 16.4. The molecule has 29 heavy (non-hydrogen) atoms. The van der Waals surface area contributed by atoms with Gasteiger partial charge in [-0.1, -0.05) is 49.4 Å². The van der Waals surface area contributed by atoms with E-state index in [1.807, 2.05) is 11.8 Å². The van der Waals surface area contributed by atoms with Gasteiger partial charge in [0, 0.05) is 29.2 Å². The lowest BCUT2D eigenvalue weighted by molar-refractivity contribution is -0.131. The molecule has 1 aromatic rings. The Hall–Kier alpha value is -1.48. The van der Waals surface area contributed by atoms with Gasteiger partial charge in [0.15, 0.2) is 0 Å². The zero-order valence-corrected chi connectivity index (χ0v) is 18.6. The predicted molar refractivity (Wildman–Crippen MR) is 120 cm³/mol. The monoisotopic (exact) mass is 405 g/mol. The number of carbonyl (C=O) groups excluding carboxylic acids is 1. The van der Waals surface area contributed by atoms with Crippen molar-refractivity contribution in [2.24, 2.45) is 28.6 Å². The second kappa shape index (κ2) is 5.81. The molecule has 0 saturated heterocycles. The van der Waals surface area contributed by atoms with Crippen LogP contribution in [-0.2, 0) is 4.79 Å². The van der Waals surface area contributed by atoms with Crippen molar-refractivity contribution in [1.82, 2.24) is 0 Å². The maximum absolute atomic E-state index is 12.6. The lowest BCUT2D eigenvalue weighted by Crippen LogP contribution is -2.51. The first-order valence-electron chi connectivity index (χ1n) is 11.4. The number of benzene rings is 1. The van der Waals surface area contributed by atoms with Gasteiger partial charge in [0.1, 0.15) is 10.7 Å². The summed E-state index contributed by atoms with van der Waals surface area (Å²) in [7, 11) is 2.24. The fourth-order valence-electron chi connectivity index (χ4n) is 7.61. The molecule has 1 unspecified atom stereocenters. The van der Waals surface area contributed by atoms with Crippen LogP contribution in [0.3, 0.4) is 0 Å². The van der Waals surface area contributed by atoms with Crippen molar-refractivity contribution in [3.63, 3.8) is 0 Å². The van der Waals surface area contributed by atoms with Crippen LogP contribution < -0.4 is 4.90 Å². The third-order valence-electron chi connectivity index (χ3n) is 9.43. The molecule has 3 saturated carbocycles. The van der Waals surface area contributed by atoms with Crippen LogP contribution in [0.25, 0.3) is 0 Å². The van der Waals surface area contributed by atoms with Gasteiger partial charge in [-0.3, -0.25) is 4.79 Å². The van der Waals surface area contributed by atoms with E-state index in [9.17, 15) is 4.79 Å². The molecule has 5 aliphatic rings. The summed E-state index contributed by atoms with van der Waals surface area (Å²) in [5.41, 5.74) is 3.12. The summed E-state index contributed by atoms with van der Waals surface area (Å²) in [5, 5.41) is 0. The van der Waals surface area contributed by atoms with E-state index in [0.717, 1.165) is 19.3 Å². The molecule has 2 nitrogen and oxygen atoms in total. The lowest BCUT2D eigenvalue weighted by atomic mass is 9.48. The van der Waals surface area contributed by atoms with Crippen LogP contribution >= 0.6 is 11.8 Å². The summed E-state index contributed by atoms with van der Waals surface area (Å²) in [6, 6.07) is 8.79. The summed E-state index contributed by atoms with van der Waals surface area (Å²) < 4.78 is 0. The normalized spacial score (nSPS) is 44.9. The van der Waals surface area contributed by atoms with E-state index in [1.54, 1.807) is 5.57 Å². The fourth-order valence-corrected chi connectivity index (χ4v) is 8.99. The first-order chi connectivity index (χ1) is 13.9. The molecule has 3 fully saturated rings. The van der Waals surface area contributed by atoms with Crippen LogP contribution in [0, 0.1) is 28.6 Å². The van der Waals surface area contributed by atoms with Gasteiger partial charge in [-0.15, -0.1) is 0 Å². The molecule has 0 radical (unpaired) electrons. The number of hydrogen-bond donors (Lipinski definition) is 0. The van der Waals surface area contributed by atoms with Gasteiger partial charge in [-0.2, -0.15) is 0 Å². The highest BCUT2D eigenvalue weighted by Gasteiger charge is 2.59. The number of rotatable bonds is 0. The van der Waals surface area contributed by atoms with Gasteiger partial charge in [-0.05, 0) is 74.1 Å². The Labute approximate surface area is 178 Å². The van der Waals surface area contributed by atoms with Crippen molar-refractivity contribution in [3.8, 4) is 0 Å². The van der Waals surface area contributed by atoms with Gasteiger partial charge in [0.2, 0.25) is 0 Å². The number of likely N-dealkylation sites (N-methyl/N-ethyl adjacent to an activating group) is 1. The Morgan fingerprint density at radius 2 is 1.86 bits per heavy atom. The van der Waals surface area contributed by atoms with Crippen LogP contribution in [0.4, 0.5) is 5.69 Å². The molecule has 0 aromatic heterocycles.